The summed E-state index contributed by atoms with van der Waals surface area (Å²) in [6.45, 7) is 3.83. The lowest BCUT2D eigenvalue weighted by Crippen LogP contribution is -2.33. The summed E-state index contributed by atoms with van der Waals surface area (Å²) in [5, 5.41) is 3.68. The maximum absolute atomic E-state index is 11.3. The van der Waals surface area contributed by atoms with Gasteiger partial charge < -0.3 is 9.53 Å². The Morgan fingerprint density at radius 2 is 2.00 bits per heavy atom. The number of amides is 1. The van der Waals surface area contributed by atoms with Gasteiger partial charge in [0.15, 0.2) is 0 Å². The molecule has 0 spiro atoms. The van der Waals surface area contributed by atoms with Gasteiger partial charge in [-0.05, 0) is 11.5 Å². The lowest BCUT2D eigenvalue weighted by Gasteiger charge is -2.13. The topological polar surface area (TPSA) is 57.5 Å². The predicted octanol–water partition coefficient (Wildman–Crippen LogP) is 2.15. The van der Waals surface area contributed by atoms with Crippen molar-refractivity contribution in [2.45, 2.75) is 26.5 Å². The number of carbonyl (C=O) groups excluding carboxylic acids is 2. The number of hydrogen-bond donors (Lipinski definition) is 0. The van der Waals surface area contributed by atoms with E-state index in [9.17, 15) is 9.59 Å². The highest BCUT2D eigenvalue weighted by Crippen LogP contribution is 2.03. The predicted molar refractivity (Wildman–Crippen MR) is 63.5 cm³/mol. The largest absolute Gasteiger partial charge is 0.443 e. The number of hydrogen-bond acceptors (Lipinski definition) is 3. The van der Waals surface area contributed by atoms with E-state index in [1.165, 1.54) is 0 Å². The number of ether oxygens (including phenoxy) is 1. The van der Waals surface area contributed by atoms with Crippen LogP contribution in [-0.4, -0.2) is 18.4 Å². The summed E-state index contributed by atoms with van der Waals surface area (Å²) in [5.74, 6) is -0.00299. The molecular weight excluding hydrogens is 218 g/mol. The normalized spacial score (nSPS) is 11.9. The molecular formula is C13H16NO3. The van der Waals surface area contributed by atoms with Crippen molar-refractivity contribution in [1.29, 1.82) is 0 Å². The Hall–Kier alpha value is -1.84. The molecule has 91 valence electrons. The highest BCUT2D eigenvalue weighted by molar-refractivity contribution is 5.72. The molecule has 4 heteroatoms. The number of carbonyl (C=O) groups is 2. The van der Waals surface area contributed by atoms with Crippen molar-refractivity contribution in [1.82, 2.24) is 5.32 Å². The fraction of sp³-hybridized carbons (Fsp3) is 0.385. The van der Waals surface area contributed by atoms with E-state index >= 15 is 0 Å². The molecule has 1 atom stereocenters. The molecule has 0 fully saturated rings. The second-order valence-corrected chi connectivity index (χ2v) is 4.04. The van der Waals surface area contributed by atoms with Gasteiger partial charge in [0, 0.05) is 0 Å². The smallest absolute Gasteiger partial charge is 0.430 e. The molecule has 0 aliphatic rings. The Bertz CT molecular complexity index is 362. The Kier molecular flexibility index (Phi) is 5.20. The van der Waals surface area contributed by atoms with E-state index in [0.717, 1.165) is 5.56 Å². The van der Waals surface area contributed by atoms with Gasteiger partial charge in [0.2, 0.25) is 0 Å². The third-order valence-corrected chi connectivity index (χ3v) is 2.28. The molecule has 0 heterocycles. The van der Waals surface area contributed by atoms with Gasteiger partial charge in [0.05, 0.1) is 0 Å². The molecule has 17 heavy (non-hydrogen) atoms. The van der Waals surface area contributed by atoms with Gasteiger partial charge in [0.1, 0.15) is 18.9 Å². The molecule has 1 radical (unpaired) electrons. The lowest BCUT2D eigenvalue weighted by atomic mass is 10.1. The van der Waals surface area contributed by atoms with E-state index in [1.54, 1.807) is 0 Å². The van der Waals surface area contributed by atoms with Crippen LogP contribution in [0.15, 0.2) is 30.3 Å². The summed E-state index contributed by atoms with van der Waals surface area (Å²) < 4.78 is 4.95. The fourth-order valence-corrected chi connectivity index (χ4v) is 1.21. The van der Waals surface area contributed by atoms with E-state index in [1.807, 2.05) is 44.2 Å². The van der Waals surface area contributed by atoms with Gasteiger partial charge in [-0.15, -0.1) is 0 Å². The van der Waals surface area contributed by atoms with Crippen LogP contribution in [0.4, 0.5) is 4.79 Å². The van der Waals surface area contributed by atoms with Crippen molar-refractivity contribution in [3.05, 3.63) is 35.9 Å². The molecule has 1 aromatic rings. The first-order valence-corrected chi connectivity index (χ1v) is 5.50. The SMILES string of the molecule is CC(C)[C@@H](C=O)[N]C(=O)OCc1ccccc1. The second-order valence-electron chi connectivity index (χ2n) is 4.04. The first-order chi connectivity index (χ1) is 8.13. The Balaban J connectivity index is 2.37. The van der Waals surface area contributed by atoms with E-state index < -0.39 is 12.1 Å². The van der Waals surface area contributed by atoms with Crippen molar-refractivity contribution in [2.75, 3.05) is 0 Å². The molecule has 0 bridgehead atoms. The molecule has 0 N–H and O–H groups in total. The summed E-state index contributed by atoms with van der Waals surface area (Å²) >= 11 is 0. The van der Waals surface area contributed by atoms with Crippen molar-refractivity contribution in [3.8, 4) is 0 Å². The molecule has 4 nitrogen and oxygen atoms in total. The van der Waals surface area contributed by atoms with Crippen LogP contribution < -0.4 is 5.32 Å². The summed E-state index contributed by atoms with van der Waals surface area (Å²) in [4.78, 5) is 22.0. The van der Waals surface area contributed by atoms with Gasteiger partial charge >= 0.3 is 6.09 Å². The minimum absolute atomic E-state index is 0.00299. The molecule has 0 aliphatic carbocycles. The second kappa shape index (κ2) is 6.68. The number of rotatable bonds is 5. The molecule has 1 aromatic carbocycles. The van der Waals surface area contributed by atoms with Gasteiger partial charge in [-0.1, -0.05) is 44.2 Å². The standard InChI is InChI=1S/C13H16NO3/c1-10(2)12(8-15)14-13(16)17-9-11-6-4-3-5-7-11/h3-8,10,12H,9H2,1-2H3/t12-/m1/s1. The summed E-state index contributed by atoms with van der Waals surface area (Å²) in [7, 11) is 0. The highest BCUT2D eigenvalue weighted by atomic mass is 16.5. The third kappa shape index (κ3) is 4.68. The van der Waals surface area contributed by atoms with Crippen LogP contribution >= 0.6 is 0 Å². The van der Waals surface area contributed by atoms with E-state index in [2.05, 4.69) is 5.32 Å². The van der Waals surface area contributed by atoms with Crippen LogP contribution in [0.2, 0.25) is 0 Å². The van der Waals surface area contributed by atoms with Gasteiger partial charge in [-0.25, -0.2) is 10.1 Å². The maximum atomic E-state index is 11.3. The quantitative estimate of drug-likeness (QED) is 0.733. The zero-order valence-corrected chi connectivity index (χ0v) is 10.00. The minimum Gasteiger partial charge on any atom is -0.443 e. The summed E-state index contributed by atoms with van der Waals surface area (Å²) in [6.07, 6.45) is -0.0336. The van der Waals surface area contributed by atoms with Gasteiger partial charge in [0.25, 0.3) is 0 Å². The van der Waals surface area contributed by atoms with Crippen LogP contribution in [0, 0.1) is 5.92 Å². The Labute approximate surface area is 101 Å². The highest BCUT2D eigenvalue weighted by Gasteiger charge is 2.18. The maximum Gasteiger partial charge on any atom is 0.430 e. The van der Waals surface area contributed by atoms with Crippen LogP contribution in [0.1, 0.15) is 19.4 Å². The monoisotopic (exact) mass is 234 g/mol. The zero-order valence-electron chi connectivity index (χ0n) is 10.00. The zero-order chi connectivity index (χ0) is 12.7. The van der Waals surface area contributed by atoms with Crippen molar-refractivity contribution < 1.29 is 14.3 Å². The average molecular weight is 234 g/mol. The average Bonchev–Trinajstić information content (AvgIpc) is 2.34. The number of aldehydes is 1. The van der Waals surface area contributed by atoms with Gasteiger partial charge in [-0.2, -0.15) is 0 Å². The Morgan fingerprint density at radius 1 is 1.35 bits per heavy atom. The molecule has 0 saturated heterocycles. The summed E-state index contributed by atoms with van der Waals surface area (Å²) in [6, 6.07) is 8.69. The van der Waals surface area contributed by atoms with Crippen molar-refractivity contribution >= 4 is 12.4 Å². The van der Waals surface area contributed by atoms with Crippen molar-refractivity contribution in [2.24, 2.45) is 5.92 Å². The molecule has 0 aliphatic heterocycles. The fourth-order valence-electron chi connectivity index (χ4n) is 1.21. The molecule has 1 rings (SSSR count). The first kappa shape index (κ1) is 13.2. The molecule has 0 aromatic heterocycles. The van der Waals surface area contributed by atoms with E-state index in [0.29, 0.717) is 6.29 Å². The van der Waals surface area contributed by atoms with Crippen LogP contribution in [0.25, 0.3) is 0 Å². The lowest BCUT2D eigenvalue weighted by molar-refractivity contribution is -0.110. The number of benzene rings is 1. The minimum atomic E-state index is -0.695. The van der Waals surface area contributed by atoms with E-state index in [-0.39, 0.29) is 12.5 Å². The van der Waals surface area contributed by atoms with Crippen molar-refractivity contribution in [3.63, 3.8) is 0 Å². The molecule has 0 saturated carbocycles. The van der Waals surface area contributed by atoms with Crippen LogP contribution in [0.3, 0.4) is 0 Å². The number of nitrogens with zero attached hydrogens (tertiary/aromatic N) is 1. The van der Waals surface area contributed by atoms with E-state index in [4.69, 9.17) is 4.74 Å². The molecule has 0 unspecified atom stereocenters. The van der Waals surface area contributed by atoms with Crippen LogP contribution in [0.5, 0.6) is 0 Å². The third-order valence-electron chi connectivity index (χ3n) is 2.28. The van der Waals surface area contributed by atoms with Gasteiger partial charge in [-0.3, -0.25) is 0 Å². The van der Waals surface area contributed by atoms with Crippen LogP contribution in [-0.2, 0) is 16.1 Å². The molecule has 1 amide bonds. The summed E-state index contributed by atoms with van der Waals surface area (Å²) in [5.41, 5.74) is 0.892. The Morgan fingerprint density at radius 3 is 2.53 bits per heavy atom. The first-order valence-electron chi connectivity index (χ1n) is 5.50.